The van der Waals surface area contributed by atoms with E-state index in [0.29, 0.717) is 5.78 Å². The smallest absolute Gasteiger partial charge is 0.158 e. The molecule has 62 valence electrons. The van der Waals surface area contributed by atoms with Crippen molar-refractivity contribution in [1.29, 1.82) is 0 Å². The maximum Gasteiger partial charge on any atom is 0.158 e. The Hall–Kier alpha value is -0.590. The molecule has 0 aliphatic heterocycles. The molecule has 0 aromatic heterocycles. The lowest BCUT2D eigenvalue weighted by Gasteiger charge is -1.96. The quantitative estimate of drug-likeness (QED) is 0.521. The third kappa shape index (κ3) is 2.87. The summed E-state index contributed by atoms with van der Waals surface area (Å²) in [6.07, 6.45) is 8.81. The molecule has 1 rings (SSSR count). The van der Waals surface area contributed by atoms with Gasteiger partial charge in [-0.2, -0.15) is 0 Å². The van der Waals surface area contributed by atoms with Gasteiger partial charge in [-0.1, -0.05) is 18.9 Å². The molecule has 0 bridgehead atoms. The molecule has 0 N–H and O–H groups in total. The molecule has 1 aliphatic rings. The molecular weight excluding hydrogens is 136 g/mol. The first-order chi connectivity index (χ1) is 5.30. The van der Waals surface area contributed by atoms with E-state index in [1.54, 1.807) is 0 Å². The molecular formula is C10H16O. The number of Topliss-reactive ketones (excluding diaryl/α,β-unsaturated/α-hetero) is 1. The second-order valence-corrected chi connectivity index (χ2v) is 3.26. The van der Waals surface area contributed by atoms with E-state index in [1.807, 2.05) is 6.92 Å². The van der Waals surface area contributed by atoms with Crippen LogP contribution in [0.25, 0.3) is 0 Å². The molecule has 0 unspecified atom stereocenters. The molecule has 0 saturated heterocycles. The fourth-order valence-corrected chi connectivity index (χ4v) is 1.41. The van der Waals surface area contributed by atoms with Gasteiger partial charge in [0.1, 0.15) is 0 Å². The molecule has 1 aliphatic carbocycles. The first-order valence-corrected chi connectivity index (χ1v) is 4.50. The summed E-state index contributed by atoms with van der Waals surface area (Å²) >= 11 is 0. The normalized spacial score (nSPS) is 26.3. The molecule has 1 heteroatoms. The van der Waals surface area contributed by atoms with Crippen LogP contribution in [0, 0.1) is 0 Å². The van der Waals surface area contributed by atoms with Crippen molar-refractivity contribution in [3.63, 3.8) is 0 Å². The minimum Gasteiger partial charge on any atom is -0.295 e. The van der Waals surface area contributed by atoms with Gasteiger partial charge in [-0.05, 0) is 31.8 Å². The highest BCUT2D eigenvalue weighted by Crippen LogP contribution is 2.13. The summed E-state index contributed by atoms with van der Waals surface area (Å²) in [6.45, 7) is 1.94. The zero-order chi connectivity index (χ0) is 8.10. The number of carbonyl (C=O) groups excluding carboxylic acids is 1. The molecule has 0 atom stereocenters. The Balaban J connectivity index is 2.51. The number of hydrogen-bond donors (Lipinski definition) is 0. The Labute approximate surface area is 68.5 Å². The molecule has 0 aromatic rings. The summed E-state index contributed by atoms with van der Waals surface area (Å²) in [5.41, 5.74) is 0.979. The van der Waals surface area contributed by atoms with Gasteiger partial charge in [-0.25, -0.2) is 0 Å². The van der Waals surface area contributed by atoms with Crippen molar-refractivity contribution in [3.05, 3.63) is 11.6 Å². The van der Waals surface area contributed by atoms with E-state index >= 15 is 0 Å². The van der Waals surface area contributed by atoms with E-state index in [0.717, 1.165) is 24.8 Å². The second-order valence-electron chi connectivity index (χ2n) is 3.26. The van der Waals surface area contributed by atoms with Gasteiger partial charge in [0.05, 0.1) is 0 Å². The van der Waals surface area contributed by atoms with Gasteiger partial charge in [0.15, 0.2) is 5.78 Å². The van der Waals surface area contributed by atoms with Gasteiger partial charge in [0.25, 0.3) is 0 Å². The van der Waals surface area contributed by atoms with E-state index in [-0.39, 0.29) is 0 Å². The van der Waals surface area contributed by atoms with Gasteiger partial charge in [0, 0.05) is 6.42 Å². The van der Waals surface area contributed by atoms with Crippen molar-refractivity contribution < 1.29 is 4.79 Å². The minimum absolute atomic E-state index is 0.354. The maximum atomic E-state index is 11.3. The van der Waals surface area contributed by atoms with Crippen LogP contribution < -0.4 is 0 Å². The van der Waals surface area contributed by atoms with Crippen LogP contribution in [0.3, 0.4) is 0 Å². The average Bonchev–Trinajstić information content (AvgIpc) is 2.07. The van der Waals surface area contributed by atoms with Crippen LogP contribution in [-0.4, -0.2) is 5.78 Å². The molecule has 0 radical (unpaired) electrons. The van der Waals surface area contributed by atoms with Crippen LogP contribution in [0.5, 0.6) is 0 Å². The van der Waals surface area contributed by atoms with Crippen LogP contribution in [-0.2, 0) is 4.79 Å². The van der Waals surface area contributed by atoms with Crippen molar-refractivity contribution in [2.75, 3.05) is 0 Å². The van der Waals surface area contributed by atoms with Gasteiger partial charge in [-0.3, -0.25) is 4.79 Å². The van der Waals surface area contributed by atoms with E-state index in [2.05, 4.69) is 6.08 Å². The highest BCUT2D eigenvalue weighted by Gasteiger charge is 2.05. The molecule has 1 nitrogen and oxygen atoms in total. The van der Waals surface area contributed by atoms with Crippen LogP contribution in [0.15, 0.2) is 11.6 Å². The molecule has 0 saturated carbocycles. The summed E-state index contributed by atoms with van der Waals surface area (Å²) in [7, 11) is 0. The SMILES string of the molecule is C/C1=C/CCCCCCC1=O. The van der Waals surface area contributed by atoms with E-state index < -0.39 is 0 Å². The van der Waals surface area contributed by atoms with E-state index in [9.17, 15) is 4.79 Å². The van der Waals surface area contributed by atoms with Gasteiger partial charge >= 0.3 is 0 Å². The fraction of sp³-hybridized carbons (Fsp3) is 0.700. The number of rotatable bonds is 0. The summed E-state index contributed by atoms with van der Waals surface area (Å²) in [5.74, 6) is 0.354. The van der Waals surface area contributed by atoms with Gasteiger partial charge < -0.3 is 0 Å². The first-order valence-electron chi connectivity index (χ1n) is 4.50. The lowest BCUT2D eigenvalue weighted by atomic mass is 10.1. The lowest BCUT2D eigenvalue weighted by Crippen LogP contribution is -1.97. The van der Waals surface area contributed by atoms with E-state index in [4.69, 9.17) is 0 Å². The summed E-state index contributed by atoms with van der Waals surface area (Å²) < 4.78 is 0. The Morgan fingerprint density at radius 3 is 2.73 bits per heavy atom. The molecule has 0 amide bonds. The monoisotopic (exact) mass is 152 g/mol. The van der Waals surface area contributed by atoms with Gasteiger partial charge in [-0.15, -0.1) is 0 Å². The number of allylic oxidation sites excluding steroid dienone is 2. The molecule has 0 fully saturated rings. The van der Waals surface area contributed by atoms with Crippen LogP contribution in [0.4, 0.5) is 0 Å². The largest absolute Gasteiger partial charge is 0.295 e. The zero-order valence-corrected chi connectivity index (χ0v) is 7.23. The van der Waals surface area contributed by atoms with Gasteiger partial charge in [0.2, 0.25) is 0 Å². The lowest BCUT2D eigenvalue weighted by molar-refractivity contribution is -0.115. The minimum atomic E-state index is 0.354. The predicted molar refractivity (Wildman–Crippen MR) is 46.5 cm³/mol. The second kappa shape index (κ2) is 4.32. The van der Waals surface area contributed by atoms with Crippen LogP contribution in [0.1, 0.15) is 45.4 Å². The third-order valence-corrected chi connectivity index (χ3v) is 2.25. The molecule has 0 heterocycles. The summed E-state index contributed by atoms with van der Waals surface area (Å²) in [4.78, 5) is 11.3. The Morgan fingerprint density at radius 1 is 1.18 bits per heavy atom. The Bertz CT molecular complexity index is 168. The van der Waals surface area contributed by atoms with E-state index in [1.165, 1.54) is 19.3 Å². The number of ketones is 1. The van der Waals surface area contributed by atoms with Crippen molar-refractivity contribution in [3.8, 4) is 0 Å². The average molecular weight is 152 g/mol. The standard InChI is InChI=1S/C10H16O/c1-9-7-5-3-2-4-6-8-10(9)11/h7H,2-6,8H2,1H3/b9-7-. The number of hydrogen-bond acceptors (Lipinski definition) is 1. The van der Waals surface area contributed by atoms with Crippen LogP contribution >= 0.6 is 0 Å². The summed E-state index contributed by atoms with van der Waals surface area (Å²) in [5, 5.41) is 0. The molecule has 0 spiro atoms. The van der Waals surface area contributed by atoms with Crippen molar-refractivity contribution in [2.24, 2.45) is 0 Å². The third-order valence-electron chi connectivity index (χ3n) is 2.25. The Morgan fingerprint density at radius 2 is 1.91 bits per heavy atom. The predicted octanol–water partition coefficient (Wildman–Crippen LogP) is 2.86. The highest BCUT2D eigenvalue weighted by atomic mass is 16.1. The van der Waals surface area contributed by atoms with Crippen molar-refractivity contribution in [1.82, 2.24) is 0 Å². The van der Waals surface area contributed by atoms with Crippen molar-refractivity contribution in [2.45, 2.75) is 45.4 Å². The van der Waals surface area contributed by atoms with Crippen molar-refractivity contribution >= 4 is 5.78 Å². The first kappa shape index (κ1) is 8.51. The number of carbonyl (C=O) groups is 1. The maximum absolute atomic E-state index is 11.3. The van der Waals surface area contributed by atoms with Crippen LogP contribution in [0.2, 0.25) is 0 Å². The fourth-order valence-electron chi connectivity index (χ4n) is 1.41. The Kier molecular flexibility index (Phi) is 3.34. The zero-order valence-electron chi connectivity index (χ0n) is 7.23. The highest BCUT2D eigenvalue weighted by molar-refractivity contribution is 5.94. The molecule has 11 heavy (non-hydrogen) atoms. The topological polar surface area (TPSA) is 17.1 Å². The molecule has 0 aromatic carbocycles. The summed E-state index contributed by atoms with van der Waals surface area (Å²) in [6, 6.07) is 0.